The van der Waals surface area contributed by atoms with Gasteiger partial charge in [-0.1, -0.05) is 23.8 Å². The Morgan fingerprint density at radius 2 is 1.64 bits per heavy atom. The second-order valence-electron chi connectivity index (χ2n) is 6.06. The van der Waals surface area contributed by atoms with Crippen LogP contribution in [0.1, 0.15) is 34.0 Å². The van der Waals surface area contributed by atoms with Gasteiger partial charge in [0.1, 0.15) is 11.3 Å². The zero-order valence-electron chi connectivity index (χ0n) is 15.2. The molecular weight excluding hydrogens is 318 g/mol. The van der Waals surface area contributed by atoms with Gasteiger partial charge in [0.2, 0.25) is 0 Å². The van der Waals surface area contributed by atoms with Gasteiger partial charge in [-0.05, 0) is 57.0 Å². The van der Waals surface area contributed by atoms with E-state index in [-0.39, 0.29) is 5.91 Å². The van der Waals surface area contributed by atoms with E-state index in [4.69, 9.17) is 9.47 Å². The Bertz CT molecular complexity index is 798. The number of amides is 1. The third-order valence-electron chi connectivity index (χ3n) is 3.88. The van der Waals surface area contributed by atoms with Crippen molar-refractivity contribution in [1.29, 1.82) is 0 Å². The minimum absolute atomic E-state index is 0.300. The molecule has 0 fully saturated rings. The molecule has 5 heteroatoms. The highest BCUT2D eigenvalue weighted by molar-refractivity contribution is 5.98. The molecule has 132 valence electrons. The molecule has 0 aliphatic heterocycles. The number of anilines is 1. The van der Waals surface area contributed by atoms with Gasteiger partial charge in [-0.3, -0.25) is 4.79 Å². The molecule has 0 saturated carbocycles. The first kappa shape index (κ1) is 18.5. The SMILES string of the molecule is COc1ccc(C)cc1C(=O)O[C@H](C)C(=O)Nc1cc(C)ccc1C. The van der Waals surface area contributed by atoms with E-state index in [9.17, 15) is 9.59 Å². The largest absolute Gasteiger partial charge is 0.496 e. The topological polar surface area (TPSA) is 64.6 Å². The van der Waals surface area contributed by atoms with Crippen LogP contribution in [0, 0.1) is 20.8 Å². The smallest absolute Gasteiger partial charge is 0.342 e. The lowest BCUT2D eigenvalue weighted by Gasteiger charge is -2.16. The van der Waals surface area contributed by atoms with Crippen LogP contribution in [0.2, 0.25) is 0 Å². The van der Waals surface area contributed by atoms with Crippen LogP contribution in [0.4, 0.5) is 5.69 Å². The fourth-order valence-corrected chi connectivity index (χ4v) is 2.36. The first-order valence-electron chi connectivity index (χ1n) is 8.05. The molecule has 0 unspecified atom stereocenters. The molecule has 5 nitrogen and oxygen atoms in total. The molecule has 1 N–H and O–H groups in total. The predicted octanol–water partition coefficient (Wildman–Crippen LogP) is 3.80. The normalized spacial score (nSPS) is 11.6. The summed E-state index contributed by atoms with van der Waals surface area (Å²) in [5, 5.41) is 2.80. The molecule has 2 aromatic rings. The molecule has 0 bridgehead atoms. The van der Waals surface area contributed by atoms with E-state index in [1.165, 1.54) is 7.11 Å². The van der Waals surface area contributed by atoms with Crippen molar-refractivity contribution in [2.75, 3.05) is 12.4 Å². The average molecular weight is 341 g/mol. The first-order valence-corrected chi connectivity index (χ1v) is 8.05. The predicted molar refractivity (Wildman–Crippen MR) is 97.2 cm³/mol. The van der Waals surface area contributed by atoms with Gasteiger partial charge in [0.25, 0.3) is 5.91 Å². The number of hydrogen-bond acceptors (Lipinski definition) is 4. The molecule has 0 aliphatic carbocycles. The second-order valence-corrected chi connectivity index (χ2v) is 6.06. The zero-order chi connectivity index (χ0) is 18.6. The Morgan fingerprint density at radius 1 is 1.00 bits per heavy atom. The van der Waals surface area contributed by atoms with Gasteiger partial charge in [-0.15, -0.1) is 0 Å². The Labute approximate surface area is 148 Å². The van der Waals surface area contributed by atoms with E-state index >= 15 is 0 Å². The van der Waals surface area contributed by atoms with E-state index in [2.05, 4.69) is 5.32 Å². The molecule has 0 aromatic heterocycles. The van der Waals surface area contributed by atoms with Crippen LogP contribution in [0.25, 0.3) is 0 Å². The lowest BCUT2D eigenvalue weighted by molar-refractivity contribution is -0.123. The van der Waals surface area contributed by atoms with Crippen LogP contribution in [-0.4, -0.2) is 25.1 Å². The Kier molecular flexibility index (Phi) is 5.80. The van der Waals surface area contributed by atoms with Gasteiger partial charge in [0.05, 0.1) is 7.11 Å². The highest BCUT2D eigenvalue weighted by atomic mass is 16.5. The summed E-state index contributed by atoms with van der Waals surface area (Å²) in [7, 11) is 1.48. The lowest BCUT2D eigenvalue weighted by Crippen LogP contribution is -2.30. The third-order valence-corrected chi connectivity index (χ3v) is 3.88. The lowest BCUT2D eigenvalue weighted by atomic mass is 10.1. The molecule has 2 aromatic carbocycles. The van der Waals surface area contributed by atoms with Crippen molar-refractivity contribution in [3.05, 3.63) is 58.7 Å². The summed E-state index contributed by atoms with van der Waals surface area (Å²) in [5.41, 5.74) is 3.89. The molecule has 0 aliphatic rings. The van der Waals surface area contributed by atoms with E-state index in [0.29, 0.717) is 17.0 Å². The minimum atomic E-state index is -0.933. The molecule has 0 heterocycles. The Morgan fingerprint density at radius 3 is 2.32 bits per heavy atom. The summed E-state index contributed by atoms with van der Waals surface area (Å²) in [6.45, 7) is 7.26. The number of rotatable bonds is 5. The van der Waals surface area contributed by atoms with E-state index < -0.39 is 12.1 Å². The summed E-state index contributed by atoms with van der Waals surface area (Å²) < 4.78 is 10.5. The fourth-order valence-electron chi connectivity index (χ4n) is 2.36. The number of hydrogen-bond donors (Lipinski definition) is 1. The number of esters is 1. The minimum Gasteiger partial charge on any atom is -0.496 e. The Balaban J connectivity index is 2.09. The summed E-state index contributed by atoms with van der Waals surface area (Å²) in [6, 6.07) is 11.0. The zero-order valence-corrected chi connectivity index (χ0v) is 15.2. The van der Waals surface area contributed by atoms with Gasteiger partial charge >= 0.3 is 5.97 Å². The Hall–Kier alpha value is -2.82. The summed E-state index contributed by atoms with van der Waals surface area (Å²) in [5.74, 6) is -0.560. The summed E-state index contributed by atoms with van der Waals surface area (Å²) in [6.07, 6.45) is -0.933. The molecule has 1 amide bonds. The maximum absolute atomic E-state index is 12.4. The summed E-state index contributed by atoms with van der Waals surface area (Å²) >= 11 is 0. The van der Waals surface area contributed by atoms with Crippen molar-refractivity contribution >= 4 is 17.6 Å². The molecule has 2 rings (SSSR count). The molecule has 1 atom stereocenters. The summed E-state index contributed by atoms with van der Waals surface area (Å²) in [4.78, 5) is 24.7. The highest BCUT2D eigenvalue weighted by Crippen LogP contribution is 2.22. The number of aryl methyl sites for hydroxylation is 3. The average Bonchev–Trinajstić information content (AvgIpc) is 2.57. The van der Waals surface area contributed by atoms with E-state index in [1.807, 2.05) is 45.0 Å². The van der Waals surface area contributed by atoms with Crippen LogP contribution < -0.4 is 10.1 Å². The maximum atomic E-state index is 12.4. The van der Waals surface area contributed by atoms with Crippen molar-refractivity contribution in [1.82, 2.24) is 0 Å². The monoisotopic (exact) mass is 341 g/mol. The van der Waals surface area contributed by atoms with Crippen molar-refractivity contribution in [2.24, 2.45) is 0 Å². The van der Waals surface area contributed by atoms with E-state index in [1.54, 1.807) is 19.1 Å². The van der Waals surface area contributed by atoms with Crippen LogP contribution in [0.5, 0.6) is 5.75 Å². The standard InChI is InChI=1S/C20H23NO4/c1-12-7-9-18(24-5)16(10-12)20(23)25-15(4)19(22)21-17-11-13(2)6-8-14(17)3/h6-11,15H,1-5H3,(H,21,22)/t15-/m1/s1. The van der Waals surface area contributed by atoms with Crippen molar-refractivity contribution < 1.29 is 19.1 Å². The number of methoxy groups -OCH3 is 1. The van der Waals surface area contributed by atoms with Crippen molar-refractivity contribution in [2.45, 2.75) is 33.8 Å². The number of carbonyl (C=O) groups excluding carboxylic acids is 2. The maximum Gasteiger partial charge on any atom is 0.342 e. The number of carbonyl (C=O) groups is 2. The van der Waals surface area contributed by atoms with Gasteiger partial charge in [0.15, 0.2) is 6.10 Å². The van der Waals surface area contributed by atoms with E-state index in [0.717, 1.165) is 16.7 Å². The third kappa shape index (κ3) is 4.59. The van der Waals surface area contributed by atoms with Gasteiger partial charge in [0, 0.05) is 5.69 Å². The fraction of sp³-hybridized carbons (Fsp3) is 0.300. The van der Waals surface area contributed by atoms with Gasteiger partial charge in [-0.2, -0.15) is 0 Å². The molecule has 25 heavy (non-hydrogen) atoms. The van der Waals surface area contributed by atoms with Gasteiger partial charge < -0.3 is 14.8 Å². The van der Waals surface area contributed by atoms with Crippen LogP contribution in [0.15, 0.2) is 36.4 Å². The van der Waals surface area contributed by atoms with Crippen LogP contribution in [0.3, 0.4) is 0 Å². The number of benzene rings is 2. The highest BCUT2D eigenvalue weighted by Gasteiger charge is 2.22. The molecule has 0 saturated heterocycles. The molecular formula is C20H23NO4. The van der Waals surface area contributed by atoms with Crippen LogP contribution >= 0.6 is 0 Å². The van der Waals surface area contributed by atoms with Crippen LogP contribution in [-0.2, 0) is 9.53 Å². The van der Waals surface area contributed by atoms with Gasteiger partial charge in [-0.25, -0.2) is 4.79 Å². The molecule has 0 radical (unpaired) electrons. The van der Waals surface area contributed by atoms with Crippen molar-refractivity contribution in [3.63, 3.8) is 0 Å². The second kappa shape index (κ2) is 7.83. The first-order chi connectivity index (χ1) is 11.8. The quantitative estimate of drug-likeness (QED) is 0.840. The van der Waals surface area contributed by atoms with Crippen molar-refractivity contribution in [3.8, 4) is 5.75 Å². The number of ether oxygens (including phenoxy) is 2. The molecule has 0 spiro atoms. The number of nitrogens with one attached hydrogen (secondary N) is 1.